The molecule has 2 heterocycles. The molecule has 5 nitrogen and oxygen atoms in total. The van der Waals surface area contributed by atoms with Gasteiger partial charge in [0.15, 0.2) is 0 Å². The zero-order chi connectivity index (χ0) is 17.5. The Labute approximate surface area is 161 Å². The average Bonchev–Trinajstić information content (AvgIpc) is 2.67. The van der Waals surface area contributed by atoms with Crippen LogP contribution in [-0.4, -0.2) is 42.0 Å². The molecule has 1 unspecified atom stereocenters. The molecule has 1 aliphatic rings. The van der Waals surface area contributed by atoms with Gasteiger partial charge in [-0.2, -0.15) is 0 Å². The third-order valence-electron chi connectivity index (χ3n) is 4.70. The monoisotopic (exact) mass is 374 g/mol. The SMILES string of the molecule is CCc1ccc(C2CNCCN2CCC(=O)Nc2cccnc2)cc1.Cl. The molecule has 140 valence electrons. The van der Waals surface area contributed by atoms with Crippen LogP contribution in [0.5, 0.6) is 0 Å². The lowest BCUT2D eigenvalue weighted by Crippen LogP contribution is -2.46. The van der Waals surface area contributed by atoms with Gasteiger partial charge >= 0.3 is 0 Å². The number of piperazine rings is 1. The second kappa shape index (κ2) is 10.3. The number of benzene rings is 1. The Morgan fingerprint density at radius 1 is 1.31 bits per heavy atom. The van der Waals surface area contributed by atoms with E-state index in [4.69, 9.17) is 0 Å². The van der Waals surface area contributed by atoms with Gasteiger partial charge in [0.25, 0.3) is 0 Å². The average molecular weight is 375 g/mol. The number of aryl methyl sites for hydroxylation is 1. The molecule has 6 heteroatoms. The molecule has 1 fully saturated rings. The van der Waals surface area contributed by atoms with Crippen LogP contribution in [0, 0.1) is 0 Å². The number of hydrogen-bond donors (Lipinski definition) is 2. The fraction of sp³-hybridized carbons (Fsp3) is 0.400. The van der Waals surface area contributed by atoms with Crippen LogP contribution in [0.1, 0.15) is 30.5 Å². The summed E-state index contributed by atoms with van der Waals surface area (Å²) in [4.78, 5) is 18.6. The Morgan fingerprint density at radius 3 is 2.81 bits per heavy atom. The summed E-state index contributed by atoms with van der Waals surface area (Å²) in [5, 5.41) is 6.38. The summed E-state index contributed by atoms with van der Waals surface area (Å²) in [5.41, 5.74) is 3.42. The molecule has 1 aliphatic heterocycles. The Balaban J connectivity index is 0.00000243. The molecule has 0 spiro atoms. The van der Waals surface area contributed by atoms with Crippen molar-refractivity contribution in [3.63, 3.8) is 0 Å². The number of nitrogens with zero attached hydrogens (tertiary/aromatic N) is 2. The lowest BCUT2D eigenvalue weighted by molar-refractivity contribution is -0.116. The Kier molecular flexibility index (Phi) is 8.04. The lowest BCUT2D eigenvalue weighted by atomic mass is 10.0. The number of carbonyl (C=O) groups is 1. The fourth-order valence-corrected chi connectivity index (χ4v) is 3.22. The van der Waals surface area contributed by atoms with E-state index in [0.717, 1.165) is 38.3 Å². The van der Waals surface area contributed by atoms with Crippen LogP contribution in [0.2, 0.25) is 0 Å². The van der Waals surface area contributed by atoms with Crippen LogP contribution in [0.25, 0.3) is 0 Å². The summed E-state index contributed by atoms with van der Waals surface area (Å²) in [7, 11) is 0. The summed E-state index contributed by atoms with van der Waals surface area (Å²) in [5.74, 6) is 0.0339. The molecular formula is C20H27ClN4O. The zero-order valence-corrected chi connectivity index (χ0v) is 16.0. The van der Waals surface area contributed by atoms with Crippen molar-refractivity contribution in [2.24, 2.45) is 0 Å². The second-order valence-corrected chi connectivity index (χ2v) is 6.39. The minimum absolute atomic E-state index is 0. The second-order valence-electron chi connectivity index (χ2n) is 6.39. The van der Waals surface area contributed by atoms with Crippen molar-refractivity contribution < 1.29 is 4.79 Å². The highest BCUT2D eigenvalue weighted by molar-refractivity contribution is 5.90. The fourth-order valence-electron chi connectivity index (χ4n) is 3.22. The first-order chi connectivity index (χ1) is 12.3. The summed E-state index contributed by atoms with van der Waals surface area (Å²) < 4.78 is 0. The van der Waals surface area contributed by atoms with E-state index in [2.05, 4.69) is 51.7 Å². The molecule has 1 amide bonds. The van der Waals surface area contributed by atoms with Crippen LogP contribution in [0.15, 0.2) is 48.8 Å². The standard InChI is InChI=1S/C20H26N4O.ClH/c1-2-16-5-7-17(8-6-16)19-15-22-11-13-24(19)12-9-20(25)23-18-4-3-10-21-14-18;/h3-8,10,14,19,22H,2,9,11-13,15H2,1H3,(H,23,25);1H. The number of nitrogens with one attached hydrogen (secondary N) is 2. The van der Waals surface area contributed by atoms with Gasteiger partial charge in [0, 0.05) is 44.8 Å². The Bertz CT molecular complexity index is 678. The van der Waals surface area contributed by atoms with Gasteiger partial charge < -0.3 is 10.6 Å². The zero-order valence-electron chi connectivity index (χ0n) is 15.1. The number of carbonyl (C=O) groups excluding carboxylic acids is 1. The van der Waals surface area contributed by atoms with E-state index in [1.807, 2.05) is 12.1 Å². The molecule has 1 saturated heterocycles. The number of pyridine rings is 1. The van der Waals surface area contributed by atoms with Crippen molar-refractivity contribution in [2.45, 2.75) is 25.8 Å². The van der Waals surface area contributed by atoms with Crippen molar-refractivity contribution >= 4 is 24.0 Å². The highest BCUT2D eigenvalue weighted by Gasteiger charge is 2.24. The Hall–Kier alpha value is -1.95. The molecule has 2 aromatic rings. The topological polar surface area (TPSA) is 57.3 Å². The third-order valence-corrected chi connectivity index (χ3v) is 4.70. The van der Waals surface area contributed by atoms with E-state index < -0.39 is 0 Å². The molecule has 1 atom stereocenters. The van der Waals surface area contributed by atoms with Crippen molar-refractivity contribution in [3.05, 3.63) is 59.9 Å². The van der Waals surface area contributed by atoms with Gasteiger partial charge in [-0.25, -0.2) is 0 Å². The first kappa shape index (κ1) is 20.4. The van der Waals surface area contributed by atoms with Crippen molar-refractivity contribution in [1.29, 1.82) is 0 Å². The molecule has 1 aromatic carbocycles. The van der Waals surface area contributed by atoms with Gasteiger partial charge in [-0.1, -0.05) is 31.2 Å². The van der Waals surface area contributed by atoms with Gasteiger partial charge in [0.2, 0.25) is 5.91 Å². The van der Waals surface area contributed by atoms with Gasteiger partial charge in [-0.15, -0.1) is 12.4 Å². The van der Waals surface area contributed by atoms with Crippen molar-refractivity contribution in [1.82, 2.24) is 15.2 Å². The highest BCUT2D eigenvalue weighted by Crippen LogP contribution is 2.23. The molecule has 0 saturated carbocycles. The van der Waals surface area contributed by atoms with Gasteiger partial charge in [0.05, 0.1) is 11.9 Å². The Morgan fingerprint density at radius 2 is 2.12 bits per heavy atom. The van der Waals surface area contributed by atoms with Crippen LogP contribution in [0.4, 0.5) is 5.69 Å². The molecular weight excluding hydrogens is 348 g/mol. The van der Waals surface area contributed by atoms with E-state index >= 15 is 0 Å². The highest BCUT2D eigenvalue weighted by atomic mass is 35.5. The molecule has 0 bridgehead atoms. The van der Waals surface area contributed by atoms with E-state index in [-0.39, 0.29) is 18.3 Å². The number of halogens is 1. The van der Waals surface area contributed by atoms with Gasteiger partial charge in [0.1, 0.15) is 0 Å². The molecule has 1 aromatic heterocycles. The minimum atomic E-state index is 0. The first-order valence-corrected chi connectivity index (χ1v) is 8.99. The molecule has 26 heavy (non-hydrogen) atoms. The maximum Gasteiger partial charge on any atom is 0.225 e. The molecule has 0 aliphatic carbocycles. The number of aromatic nitrogens is 1. The number of rotatable bonds is 6. The summed E-state index contributed by atoms with van der Waals surface area (Å²) in [6.07, 6.45) is 4.91. The van der Waals surface area contributed by atoms with Gasteiger partial charge in [-0.05, 0) is 29.7 Å². The largest absolute Gasteiger partial charge is 0.325 e. The summed E-state index contributed by atoms with van der Waals surface area (Å²) >= 11 is 0. The van der Waals surface area contributed by atoms with E-state index in [0.29, 0.717) is 12.5 Å². The predicted molar refractivity (Wildman–Crippen MR) is 108 cm³/mol. The van der Waals surface area contributed by atoms with Crippen LogP contribution in [0.3, 0.4) is 0 Å². The van der Waals surface area contributed by atoms with E-state index in [1.165, 1.54) is 11.1 Å². The first-order valence-electron chi connectivity index (χ1n) is 8.99. The smallest absolute Gasteiger partial charge is 0.225 e. The lowest BCUT2D eigenvalue weighted by Gasteiger charge is -2.36. The normalized spacial score (nSPS) is 17.3. The number of hydrogen-bond acceptors (Lipinski definition) is 4. The van der Waals surface area contributed by atoms with Crippen LogP contribution >= 0.6 is 12.4 Å². The minimum Gasteiger partial charge on any atom is -0.325 e. The maximum absolute atomic E-state index is 12.2. The maximum atomic E-state index is 12.2. The molecule has 3 rings (SSSR count). The molecule has 0 radical (unpaired) electrons. The number of anilines is 1. The van der Waals surface area contributed by atoms with E-state index in [9.17, 15) is 4.79 Å². The van der Waals surface area contributed by atoms with Crippen molar-refractivity contribution in [2.75, 3.05) is 31.5 Å². The number of amides is 1. The quantitative estimate of drug-likeness (QED) is 0.816. The third kappa shape index (κ3) is 5.53. The van der Waals surface area contributed by atoms with Crippen LogP contribution in [-0.2, 0) is 11.2 Å². The molecule has 2 N–H and O–H groups in total. The summed E-state index contributed by atoms with van der Waals surface area (Å²) in [6.45, 7) is 5.78. The van der Waals surface area contributed by atoms with Crippen LogP contribution < -0.4 is 10.6 Å². The van der Waals surface area contributed by atoms with E-state index in [1.54, 1.807) is 12.4 Å². The van der Waals surface area contributed by atoms with Gasteiger partial charge in [-0.3, -0.25) is 14.7 Å². The summed E-state index contributed by atoms with van der Waals surface area (Å²) in [6, 6.07) is 12.9. The van der Waals surface area contributed by atoms with Crippen molar-refractivity contribution in [3.8, 4) is 0 Å². The predicted octanol–water partition coefficient (Wildman–Crippen LogP) is 3.04.